The molecule has 1 nitrogen and oxygen atoms in total. The molecule has 0 aliphatic heterocycles. The van der Waals surface area contributed by atoms with E-state index in [-0.39, 0.29) is 0 Å². The van der Waals surface area contributed by atoms with Crippen molar-refractivity contribution in [1.29, 1.82) is 0 Å². The number of anilines is 3. The lowest BCUT2D eigenvalue weighted by Crippen LogP contribution is -2.11. The minimum atomic E-state index is 1.12. The number of hydrogen-bond donors (Lipinski definition) is 0. The summed E-state index contributed by atoms with van der Waals surface area (Å²) >= 11 is 1.88. The molecule has 0 aliphatic carbocycles. The van der Waals surface area contributed by atoms with E-state index in [0.717, 1.165) is 11.4 Å². The Balaban J connectivity index is 1.21. The van der Waals surface area contributed by atoms with Gasteiger partial charge >= 0.3 is 0 Å². The smallest absolute Gasteiger partial charge is 0.0640 e. The van der Waals surface area contributed by atoms with Crippen molar-refractivity contribution < 1.29 is 0 Å². The summed E-state index contributed by atoms with van der Waals surface area (Å²) in [5.41, 5.74) is 10.7. The zero-order chi connectivity index (χ0) is 31.9. The van der Waals surface area contributed by atoms with Crippen LogP contribution < -0.4 is 4.90 Å². The third-order valence-electron chi connectivity index (χ3n) is 9.29. The maximum Gasteiger partial charge on any atom is 0.0640 e. The number of thiophene rings is 1. The van der Waals surface area contributed by atoms with E-state index in [2.05, 4.69) is 193 Å². The summed E-state index contributed by atoms with van der Waals surface area (Å²) in [6, 6.07) is 68.0. The molecule has 2 heteroatoms. The normalized spacial score (nSPS) is 11.3. The topological polar surface area (TPSA) is 3.24 Å². The van der Waals surface area contributed by atoms with Gasteiger partial charge in [-0.05, 0) is 68.9 Å². The quantitative estimate of drug-likeness (QED) is 0.177. The maximum absolute atomic E-state index is 2.45. The van der Waals surface area contributed by atoms with Gasteiger partial charge in [0.25, 0.3) is 0 Å². The standard InChI is InChI=1S/C46H31NS/c1-3-12-32(13-4-1)33-22-24-34(25-23-33)35-26-29-38(30-27-35)47(42-20-10-9-17-39(42)36-14-5-2-6-15-36)43-21-11-19-41-45-40-18-8-7-16-37(40)28-31-44(45)48-46(41)43/h1-31H. The Hall–Kier alpha value is -5.96. The van der Waals surface area contributed by atoms with Crippen LogP contribution in [0.3, 0.4) is 0 Å². The van der Waals surface area contributed by atoms with Gasteiger partial charge in [0.2, 0.25) is 0 Å². The summed E-state index contributed by atoms with van der Waals surface area (Å²) in [4.78, 5) is 2.45. The molecule has 0 radical (unpaired) electrons. The van der Waals surface area contributed by atoms with Crippen LogP contribution in [-0.4, -0.2) is 0 Å². The van der Waals surface area contributed by atoms with Crippen LogP contribution in [-0.2, 0) is 0 Å². The average Bonchev–Trinajstić information content (AvgIpc) is 3.56. The van der Waals surface area contributed by atoms with Crippen molar-refractivity contribution in [1.82, 2.24) is 0 Å². The number of fused-ring (bicyclic) bond motifs is 5. The number of para-hydroxylation sites is 1. The third-order valence-corrected chi connectivity index (χ3v) is 10.5. The number of benzene rings is 8. The Kier molecular flexibility index (Phi) is 7.07. The Bertz CT molecular complexity index is 2530. The van der Waals surface area contributed by atoms with Crippen molar-refractivity contribution >= 4 is 59.3 Å². The van der Waals surface area contributed by atoms with E-state index >= 15 is 0 Å². The minimum absolute atomic E-state index is 1.12. The predicted octanol–water partition coefficient (Wildman–Crippen LogP) is 13.7. The fraction of sp³-hybridized carbons (Fsp3) is 0. The fourth-order valence-electron chi connectivity index (χ4n) is 6.96. The van der Waals surface area contributed by atoms with Crippen LogP contribution in [0.2, 0.25) is 0 Å². The molecule has 0 spiro atoms. The molecule has 1 aromatic heterocycles. The van der Waals surface area contributed by atoms with Crippen LogP contribution in [0.15, 0.2) is 188 Å². The van der Waals surface area contributed by atoms with Crippen molar-refractivity contribution in [3.05, 3.63) is 188 Å². The predicted molar refractivity (Wildman–Crippen MR) is 208 cm³/mol. The maximum atomic E-state index is 2.45. The summed E-state index contributed by atoms with van der Waals surface area (Å²) in [5.74, 6) is 0. The van der Waals surface area contributed by atoms with Gasteiger partial charge in [0, 0.05) is 26.7 Å². The van der Waals surface area contributed by atoms with E-state index < -0.39 is 0 Å². The summed E-state index contributed by atoms with van der Waals surface area (Å²) in [6.45, 7) is 0. The van der Waals surface area contributed by atoms with Crippen LogP contribution >= 0.6 is 11.3 Å². The van der Waals surface area contributed by atoms with Gasteiger partial charge in [-0.25, -0.2) is 0 Å². The number of nitrogens with zero attached hydrogens (tertiary/aromatic N) is 1. The second-order valence-corrected chi connectivity index (χ2v) is 13.2. The molecule has 9 rings (SSSR count). The Morgan fingerprint density at radius 1 is 0.354 bits per heavy atom. The Morgan fingerprint density at radius 2 is 0.896 bits per heavy atom. The lowest BCUT2D eigenvalue weighted by Gasteiger charge is -2.28. The number of hydrogen-bond acceptors (Lipinski definition) is 2. The highest BCUT2D eigenvalue weighted by atomic mass is 32.1. The fourth-order valence-corrected chi connectivity index (χ4v) is 8.18. The Labute approximate surface area is 284 Å². The SMILES string of the molecule is c1ccc(-c2ccc(-c3ccc(N(c4ccccc4-c4ccccc4)c4cccc5c4sc4ccc6ccccc6c45)cc3)cc2)cc1. The average molecular weight is 630 g/mol. The number of rotatable bonds is 6. The molecule has 226 valence electrons. The van der Waals surface area contributed by atoms with E-state index in [1.165, 1.54) is 70.0 Å². The van der Waals surface area contributed by atoms with Crippen LogP contribution in [0.4, 0.5) is 17.1 Å². The second kappa shape index (κ2) is 12.0. The first-order chi connectivity index (χ1) is 23.8. The third kappa shape index (κ3) is 4.95. The molecule has 0 aliphatic rings. The monoisotopic (exact) mass is 629 g/mol. The lowest BCUT2D eigenvalue weighted by molar-refractivity contribution is 1.30. The van der Waals surface area contributed by atoms with Crippen LogP contribution in [0.1, 0.15) is 0 Å². The summed E-state index contributed by atoms with van der Waals surface area (Å²) in [5, 5.41) is 5.20. The Morgan fingerprint density at radius 3 is 1.62 bits per heavy atom. The first kappa shape index (κ1) is 28.3. The highest BCUT2D eigenvalue weighted by Gasteiger charge is 2.21. The summed E-state index contributed by atoms with van der Waals surface area (Å²) in [6.07, 6.45) is 0. The van der Waals surface area contributed by atoms with Gasteiger partial charge in [-0.3, -0.25) is 0 Å². The molecule has 0 fully saturated rings. The molecule has 1 heterocycles. The zero-order valence-electron chi connectivity index (χ0n) is 26.3. The van der Waals surface area contributed by atoms with Crippen LogP contribution in [0.5, 0.6) is 0 Å². The largest absolute Gasteiger partial charge is 0.308 e. The van der Waals surface area contributed by atoms with Crippen LogP contribution in [0, 0.1) is 0 Å². The first-order valence-corrected chi connectivity index (χ1v) is 17.2. The van der Waals surface area contributed by atoms with Gasteiger partial charge in [0.1, 0.15) is 0 Å². The summed E-state index contributed by atoms with van der Waals surface area (Å²) in [7, 11) is 0. The van der Waals surface area contributed by atoms with Gasteiger partial charge < -0.3 is 4.90 Å². The molecule has 0 unspecified atom stereocenters. The molecule has 0 bridgehead atoms. The highest BCUT2D eigenvalue weighted by Crippen LogP contribution is 2.48. The van der Waals surface area contributed by atoms with E-state index in [1.807, 2.05) is 11.3 Å². The highest BCUT2D eigenvalue weighted by molar-refractivity contribution is 7.26. The first-order valence-electron chi connectivity index (χ1n) is 16.4. The molecular formula is C46H31NS. The molecule has 9 aromatic rings. The molecule has 48 heavy (non-hydrogen) atoms. The van der Waals surface area contributed by atoms with Gasteiger partial charge in [-0.15, -0.1) is 11.3 Å². The molecule has 0 atom stereocenters. The van der Waals surface area contributed by atoms with Crippen molar-refractivity contribution in [2.24, 2.45) is 0 Å². The second-order valence-electron chi connectivity index (χ2n) is 12.1. The summed E-state index contributed by atoms with van der Waals surface area (Å²) < 4.78 is 2.59. The van der Waals surface area contributed by atoms with E-state index in [9.17, 15) is 0 Å². The van der Waals surface area contributed by atoms with E-state index in [4.69, 9.17) is 0 Å². The zero-order valence-corrected chi connectivity index (χ0v) is 27.1. The van der Waals surface area contributed by atoms with Crippen LogP contribution in [0.25, 0.3) is 64.3 Å². The molecule has 0 saturated carbocycles. The van der Waals surface area contributed by atoms with Crippen molar-refractivity contribution in [3.8, 4) is 33.4 Å². The molecule has 0 amide bonds. The van der Waals surface area contributed by atoms with E-state index in [0.29, 0.717) is 0 Å². The van der Waals surface area contributed by atoms with Crippen molar-refractivity contribution in [2.75, 3.05) is 4.90 Å². The van der Waals surface area contributed by atoms with Crippen molar-refractivity contribution in [2.45, 2.75) is 0 Å². The molecule has 0 N–H and O–H groups in total. The lowest BCUT2D eigenvalue weighted by atomic mass is 9.99. The van der Waals surface area contributed by atoms with Crippen molar-refractivity contribution in [3.63, 3.8) is 0 Å². The van der Waals surface area contributed by atoms with Gasteiger partial charge in [0.15, 0.2) is 0 Å². The molecule has 8 aromatic carbocycles. The van der Waals surface area contributed by atoms with Gasteiger partial charge in [0.05, 0.1) is 16.1 Å². The molecular weight excluding hydrogens is 599 g/mol. The minimum Gasteiger partial charge on any atom is -0.308 e. The van der Waals surface area contributed by atoms with Gasteiger partial charge in [-0.2, -0.15) is 0 Å². The van der Waals surface area contributed by atoms with Gasteiger partial charge in [-0.1, -0.05) is 158 Å². The molecule has 0 saturated heterocycles. The van der Waals surface area contributed by atoms with E-state index in [1.54, 1.807) is 0 Å².